The summed E-state index contributed by atoms with van der Waals surface area (Å²) in [6.45, 7) is 20.8. The average Bonchev–Trinajstić information content (AvgIpc) is 3.03. The van der Waals surface area contributed by atoms with Crippen LogP contribution in [0.15, 0.2) is 0 Å². The molecule has 0 saturated carbocycles. The molecule has 1 aliphatic rings. The van der Waals surface area contributed by atoms with Gasteiger partial charge in [0, 0.05) is 0 Å². The van der Waals surface area contributed by atoms with Crippen LogP contribution in [-0.2, 0) is 23.4 Å². The predicted molar refractivity (Wildman–Crippen MR) is 136 cm³/mol. The summed E-state index contributed by atoms with van der Waals surface area (Å²) in [5, 5.41) is 0. The molecule has 0 aliphatic carbocycles. The molecule has 1 saturated heterocycles. The van der Waals surface area contributed by atoms with Crippen LogP contribution >= 0.6 is 23.5 Å². The summed E-state index contributed by atoms with van der Waals surface area (Å²) in [6.07, 6.45) is -0.732. The summed E-state index contributed by atoms with van der Waals surface area (Å²) in [5.74, 6) is 1.11. The normalized spacial score (nSPS) is 22.7. The number of carbonyl (C=O) groups excluding carboxylic acids is 1. The number of ether oxygens (including phenoxy) is 3. The van der Waals surface area contributed by atoms with Gasteiger partial charge in [-0.05, 0) is 64.3 Å². The van der Waals surface area contributed by atoms with Gasteiger partial charge in [-0.3, -0.25) is 4.79 Å². The van der Waals surface area contributed by atoms with Gasteiger partial charge < -0.3 is 18.6 Å². The van der Waals surface area contributed by atoms with E-state index in [4.69, 9.17) is 18.6 Å². The Hall–Kier alpha value is 0.267. The molecular formula is C23H46O5S2Si. The summed E-state index contributed by atoms with van der Waals surface area (Å²) in [6, 6.07) is 3.09. The molecule has 5 nitrogen and oxygen atoms in total. The molecule has 8 heteroatoms. The van der Waals surface area contributed by atoms with Crippen molar-refractivity contribution in [1.82, 2.24) is 0 Å². The molecule has 0 aromatic heterocycles. The molecule has 1 aliphatic heterocycles. The topological polar surface area (TPSA) is 54.0 Å². The quantitative estimate of drug-likeness (QED) is 0.169. The molecule has 31 heavy (non-hydrogen) atoms. The lowest BCUT2D eigenvalue weighted by Gasteiger charge is -2.37. The Morgan fingerprint density at radius 3 is 1.87 bits per heavy atom. The van der Waals surface area contributed by atoms with Gasteiger partial charge >= 0.3 is 5.97 Å². The van der Waals surface area contributed by atoms with Crippen LogP contribution in [-0.4, -0.2) is 61.1 Å². The first-order chi connectivity index (χ1) is 14.4. The van der Waals surface area contributed by atoms with E-state index in [0.717, 1.165) is 29.6 Å². The van der Waals surface area contributed by atoms with Gasteiger partial charge in [0.2, 0.25) is 0 Å². The van der Waals surface area contributed by atoms with E-state index in [-0.39, 0.29) is 35.5 Å². The highest BCUT2D eigenvalue weighted by molar-refractivity contribution is 8.17. The minimum Gasteiger partial charge on any atom is -0.462 e. The van der Waals surface area contributed by atoms with Crippen molar-refractivity contribution in [3.05, 3.63) is 0 Å². The van der Waals surface area contributed by atoms with E-state index in [9.17, 15) is 4.79 Å². The molecule has 0 unspecified atom stereocenters. The maximum Gasteiger partial charge on any atom is 0.311 e. The number of thioether (sulfide) groups is 2. The number of carbonyl (C=O) groups is 1. The van der Waals surface area contributed by atoms with Gasteiger partial charge in [-0.15, -0.1) is 23.5 Å². The second-order valence-electron chi connectivity index (χ2n) is 9.59. The lowest BCUT2D eigenvalue weighted by Crippen LogP contribution is -2.51. The zero-order chi connectivity index (χ0) is 23.9. The molecule has 0 spiro atoms. The van der Waals surface area contributed by atoms with Gasteiger partial charge in [0.15, 0.2) is 14.1 Å². The third kappa shape index (κ3) is 8.52. The third-order valence-electron chi connectivity index (χ3n) is 5.79. The Morgan fingerprint density at radius 1 is 0.968 bits per heavy atom. The zero-order valence-electron chi connectivity index (χ0n) is 21.4. The second kappa shape index (κ2) is 12.7. The van der Waals surface area contributed by atoms with Gasteiger partial charge in [-0.25, -0.2) is 0 Å². The zero-order valence-corrected chi connectivity index (χ0v) is 24.0. The molecule has 0 amide bonds. The maximum absolute atomic E-state index is 12.6. The lowest BCUT2D eigenvalue weighted by atomic mass is 9.97. The molecule has 0 aromatic carbocycles. The van der Waals surface area contributed by atoms with Gasteiger partial charge in [0.1, 0.15) is 24.9 Å². The molecular weight excluding hydrogens is 448 g/mol. The highest BCUT2D eigenvalue weighted by Crippen LogP contribution is 2.41. The summed E-state index contributed by atoms with van der Waals surface area (Å²) >= 11 is 3.78. The molecule has 1 fully saturated rings. The minimum absolute atomic E-state index is 0.125. The van der Waals surface area contributed by atoms with Crippen LogP contribution in [0.4, 0.5) is 0 Å². The van der Waals surface area contributed by atoms with Crippen molar-refractivity contribution < 1.29 is 23.4 Å². The van der Waals surface area contributed by atoms with Crippen LogP contribution in [0.3, 0.4) is 0 Å². The second-order valence-corrected chi connectivity index (χ2v) is 17.5. The van der Waals surface area contributed by atoms with Crippen molar-refractivity contribution in [3.63, 3.8) is 0 Å². The summed E-state index contributed by atoms with van der Waals surface area (Å²) in [7, 11) is -1.95. The summed E-state index contributed by atoms with van der Waals surface area (Å²) < 4.78 is 25.8. The van der Waals surface area contributed by atoms with E-state index in [2.05, 4.69) is 34.6 Å². The predicted octanol–water partition coefficient (Wildman–Crippen LogP) is 6.32. The Morgan fingerprint density at radius 2 is 1.45 bits per heavy atom. The molecule has 3 atom stereocenters. The summed E-state index contributed by atoms with van der Waals surface area (Å²) in [4.78, 5) is 12.6. The van der Waals surface area contributed by atoms with Crippen LogP contribution < -0.4 is 0 Å². The smallest absolute Gasteiger partial charge is 0.311 e. The highest BCUT2D eigenvalue weighted by Gasteiger charge is 2.51. The van der Waals surface area contributed by atoms with E-state index in [1.807, 2.05) is 58.1 Å². The molecule has 0 radical (unpaired) electrons. The van der Waals surface area contributed by atoms with Gasteiger partial charge in [-0.1, -0.05) is 34.6 Å². The Kier molecular flexibility index (Phi) is 12.0. The highest BCUT2D eigenvalue weighted by atomic mass is 32.2. The van der Waals surface area contributed by atoms with Crippen LogP contribution in [0, 0.1) is 5.41 Å². The van der Waals surface area contributed by atoms with Crippen molar-refractivity contribution in [2.45, 2.75) is 116 Å². The Balaban J connectivity index is 3.25. The van der Waals surface area contributed by atoms with Gasteiger partial charge in [0.05, 0.1) is 10.00 Å². The van der Waals surface area contributed by atoms with E-state index in [1.54, 1.807) is 0 Å². The van der Waals surface area contributed by atoms with Crippen LogP contribution in [0.25, 0.3) is 0 Å². The number of hydrogen-bond donors (Lipinski definition) is 0. The van der Waals surface area contributed by atoms with Crippen molar-refractivity contribution in [2.75, 3.05) is 18.1 Å². The maximum atomic E-state index is 12.6. The SMILES string of the molecule is CCSC(SCC)[C@H]1OC(C)(C)O[C@@H]1[C@@H](COC(=O)C(C)(C)C)O[Si](CC)(CC)CC. The standard InChI is InChI=1S/C23H46O5S2Si/c1-11-29-20(30-12-2)19-18(26-23(9,10)27-19)17(16-25-21(24)22(6,7)8)28-31(13-3,14-4)15-5/h17-20H,11-16H2,1-10H3/t17-,18-,19+/m1/s1. The fourth-order valence-electron chi connectivity index (χ4n) is 3.77. The molecule has 184 valence electrons. The Labute approximate surface area is 200 Å². The first kappa shape index (κ1) is 29.3. The first-order valence-corrected chi connectivity index (χ1v) is 16.4. The first-order valence-electron chi connectivity index (χ1n) is 11.8. The van der Waals surface area contributed by atoms with Gasteiger partial charge in [0.25, 0.3) is 0 Å². The van der Waals surface area contributed by atoms with Crippen molar-refractivity contribution in [3.8, 4) is 0 Å². The summed E-state index contributed by atoms with van der Waals surface area (Å²) in [5.41, 5.74) is -0.552. The van der Waals surface area contributed by atoms with E-state index >= 15 is 0 Å². The monoisotopic (exact) mass is 494 g/mol. The molecule has 0 N–H and O–H groups in total. The van der Waals surface area contributed by atoms with Crippen LogP contribution in [0.5, 0.6) is 0 Å². The van der Waals surface area contributed by atoms with Crippen LogP contribution in [0.1, 0.15) is 69.2 Å². The van der Waals surface area contributed by atoms with E-state index < -0.39 is 19.5 Å². The molecule has 1 heterocycles. The van der Waals surface area contributed by atoms with Crippen molar-refractivity contribution in [2.24, 2.45) is 5.41 Å². The number of rotatable bonds is 13. The number of esters is 1. The fourth-order valence-corrected chi connectivity index (χ4v) is 9.28. The minimum atomic E-state index is -1.95. The molecule has 1 rings (SSSR count). The fraction of sp³-hybridized carbons (Fsp3) is 0.957. The van der Waals surface area contributed by atoms with Crippen molar-refractivity contribution >= 4 is 37.8 Å². The van der Waals surface area contributed by atoms with Crippen molar-refractivity contribution in [1.29, 1.82) is 0 Å². The third-order valence-corrected chi connectivity index (χ3v) is 13.1. The van der Waals surface area contributed by atoms with E-state index in [0.29, 0.717) is 0 Å². The van der Waals surface area contributed by atoms with Crippen LogP contribution in [0.2, 0.25) is 18.1 Å². The number of hydrogen-bond acceptors (Lipinski definition) is 7. The molecule has 0 bridgehead atoms. The molecule has 0 aromatic rings. The van der Waals surface area contributed by atoms with Gasteiger partial charge in [-0.2, -0.15) is 0 Å². The average molecular weight is 495 g/mol. The lowest BCUT2D eigenvalue weighted by molar-refractivity contribution is -0.166. The Bertz CT molecular complexity index is 534. The van der Waals surface area contributed by atoms with E-state index in [1.165, 1.54) is 0 Å². The largest absolute Gasteiger partial charge is 0.462 e.